The van der Waals surface area contributed by atoms with Gasteiger partial charge < -0.3 is 14.1 Å². The Bertz CT molecular complexity index is 1270. The van der Waals surface area contributed by atoms with Crippen molar-refractivity contribution in [1.82, 2.24) is 24.5 Å². The van der Waals surface area contributed by atoms with Gasteiger partial charge in [0.2, 0.25) is 0 Å². The summed E-state index contributed by atoms with van der Waals surface area (Å²) < 4.78 is 39.2. The highest BCUT2D eigenvalue weighted by Crippen LogP contribution is 2.32. The van der Waals surface area contributed by atoms with Crippen molar-refractivity contribution < 1.29 is 22.7 Å². The van der Waals surface area contributed by atoms with Crippen LogP contribution in [0, 0.1) is 0 Å². The molecule has 0 saturated carbocycles. The monoisotopic (exact) mass is 427 g/mol. The summed E-state index contributed by atoms with van der Waals surface area (Å²) in [5.74, 6) is 0.467. The lowest BCUT2D eigenvalue weighted by Crippen LogP contribution is -2.39. The van der Waals surface area contributed by atoms with Crippen LogP contribution in [0.15, 0.2) is 41.1 Å². The highest BCUT2D eigenvalue weighted by molar-refractivity contribution is 5.97. The van der Waals surface area contributed by atoms with E-state index in [1.807, 2.05) is 12.1 Å². The van der Waals surface area contributed by atoms with Crippen LogP contribution in [0.1, 0.15) is 47.1 Å². The molecule has 3 aromatic heterocycles. The third kappa shape index (κ3) is 3.37. The molecule has 4 heterocycles. The zero-order valence-corrected chi connectivity index (χ0v) is 16.7. The maximum Gasteiger partial charge on any atom is 0.289 e. The summed E-state index contributed by atoms with van der Waals surface area (Å²) >= 11 is 0. The number of amides is 1. The zero-order chi connectivity index (χ0) is 21.5. The van der Waals surface area contributed by atoms with E-state index in [-0.39, 0.29) is 29.1 Å². The van der Waals surface area contributed by atoms with Crippen LogP contribution in [0.2, 0.25) is 0 Å². The number of nitrogens with zero attached hydrogens (tertiary/aromatic N) is 5. The normalized spacial score (nSPS) is 17.0. The molecule has 31 heavy (non-hydrogen) atoms. The number of alkyl halides is 2. The van der Waals surface area contributed by atoms with E-state index < -0.39 is 6.43 Å². The smallest absolute Gasteiger partial charge is 0.289 e. The number of para-hydroxylation sites is 1. The Labute approximate surface area is 175 Å². The number of hydrogen-bond acceptors (Lipinski definition) is 6. The number of benzene rings is 1. The van der Waals surface area contributed by atoms with Crippen LogP contribution in [0.3, 0.4) is 0 Å². The van der Waals surface area contributed by atoms with Crippen molar-refractivity contribution in [3.63, 3.8) is 0 Å². The molecule has 160 valence electrons. The first kappa shape index (κ1) is 19.4. The Morgan fingerprint density at radius 2 is 2.19 bits per heavy atom. The Balaban J connectivity index is 1.45. The summed E-state index contributed by atoms with van der Waals surface area (Å²) in [5.41, 5.74) is 0.742. The zero-order valence-electron chi connectivity index (χ0n) is 16.7. The minimum Gasteiger partial charge on any atom is -0.493 e. The quantitative estimate of drug-likeness (QED) is 0.492. The van der Waals surface area contributed by atoms with Gasteiger partial charge in [-0.25, -0.2) is 18.3 Å². The van der Waals surface area contributed by atoms with Crippen LogP contribution in [0.25, 0.3) is 16.7 Å². The van der Waals surface area contributed by atoms with Gasteiger partial charge in [0.15, 0.2) is 17.1 Å². The third-order valence-electron chi connectivity index (χ3n) is 5.59. The molecule has 1 aliphatic rings. The minimum absolute atomic E-state index is 0.126. The number of halogens is 2. The molecule has 10 heteroatoms. The van der Waals surface area contributed by atoms with Gasteiger partial charge in [-0.1, -0.05) is 12.1 Å². The predicted octanol–water partition coefficient (Wildman–Crippen LogP) is 3.84. The van der Waals surface area contributed by atoms with Crippen molar-refractivity contribution in [2.75, 3.05) is 20.2 Å². The van der Waals surface area contributed by atoms with Crippen molar-refractivity contribution in [2.45, 2.75) is 25.2 Å². The number of carbonyl (C=O) groups is 1. The second kappa shape index (κ2) is 7.60. The summed E-state index contributed by atoms with van der Waals surface area (Å²) in [4.78, 5) is 22.7. The molecule has 1 fully saturated rings. The molecule has 0 radical (unpaired) electrons. The van der Waals surface area contributed by atoms with Crippen molar-refractivity contribution in [2.24, 2.45) is 0 Å². The molecule has 4 aromatic rings. The fraction of sp³-hybridized carbons (Fsp3) is 0.333. The van der Waals surface area contributed by atoms with Crippen molar-refractivity contribution in [1.29, 1.82) is 0 Å². The molecular formula is C21H19F2N5O3. The molecule has 8 nitrogen and oxygen atoms in total. The fourth-order valence-corrected chi connectivity index (χ4v) is 4.12. The summed E-state index contributed by atoms with van der Waals surface area (Å²) in [5, 5.41) is 4.91. The second-order valence-electron chi connectivity index (χ2n) is 7.46. The predicted molar refractivity (Wildman–Crippen MR) is 106 cm³/mol. The van der Waals surface area contributed by atoms with Gasteiger partial charge >= 0.3 is 0 Å². The Kier molecular flexibility index (Phi) is 4.76. The largest absolute Gasteiger partial charge is 0.493 e. The van der Waals surface area contributed by atoms with E-state index in [1.165, 1.54) is 16.9 Å². The van der Waals surface area contributed by atoms with E-state index in [9.17, 15) is 13.6 Å². The van der Waals surface area contributed by atoms with E-state index in [4.69, 9.17) is 9.15 Å². The van der Waals surface area contributed by atoms with E-state index >= 15 is 0 Å². The Hall–Kier alpha value is -3.56. The van der Waals surface area contributed by atoms with E-state index in [0.717, 1.165) is 18.2 Å². The van der Waals surface area contributed by atoms with E-state index in [0.29, 0.717) is 30.1 Å². The molecule has 1 atom stereocenters. The van der Waals surface area contributed by atoms with Crippen molar-refractivity contribution in [3.8, 4) is 5.75 Å². The van der Waals surface area contributed by atoms with Crippen LogP contribution in [-0.4, -0.2) is 50.6 Å². The van der Waals surface area contributed by atoms with E-state index in [1.54, 1.807) is 24.1 Å². The SMILES string of the molecule is COc1cccc2cc(C(=O)N3CCC[C@H](c4cc(C(F)F)nc5ncnn45)C3)oc12. The maximum atomic E-state index is 13.3. The van der Waals surface area contributed by atoms with Crippen molar-refractivity contribution >= 4 is 22.7 Å². The molecule has 1 saturated heterocycles. The first-order valence-corrected chi connectivity index (χ1v) is 9.89. The van der Waals surface area contributed by atoms with Crippen LogP contribution in [-0.2, 0) is 0 Å². The summed E-state index contributed by atoms with van der Waals surface area (Å²) in [7, 11) is 1.54. The number of likely N-dealkylation sites (tertiary alicyclic amines) is 1. The first-order chi connectivity index (χ1) is 15.0. The number of hydrogen-bond donors (Lipinski definition) is 0. The molecule has 1 aromatic carbocycles. The van der Waals surface area contributed by atoms with Gasteiger partial charge in [0.25, 0.3) is 18.1 Å². The summed E-state index contributed by atoms with van der Waals surface area (Å²) in [6, 6.07) is 8.50. The lowest BCUT2D eigenvalue weighted by molar-refractivity contribution is 0.0674. The molecular weight excluding hydrogens is 408 g/mol. The Morgan fingerprint density at radius 1 is 1.32 bits per heavy atom. The number of rotatable bonds is 4. The van der Waals surface area contributed by atoms with Gasteiger partial charge in [-0.2, -0.15) is 10.1 Å². The highest BCUT2D eigenvalue weighted by Gasteiger charge is 2.30. The molecule has 0 N–H and O–H groups in total. The van der Waals surface area contributed by atoms with E-state index in [2.05, 4.69) is 15.1 Å². The number of furan rings is 1. The molecule has 0 bridgehead atoms. The van der Waals surface area contributed by atoms with Gasteiger partial charge in [-0.3, -0.25) is 4.79 Å². The first-order valence-electron chi connectivity index (χ1n) is 9.89. The number of carbonyl (C=O) groups excluding carboxylic acids is 1. The summed E-state index contributed by atoms with van der Waals surface area (Å²) in [6.45, 7) is 0.908. The van der Waals surface area contributed by atoms with Crippen LogP contribution >= 0.6 is 0 Å². The second-order valence-corrected chi connectivity index (χ2v) is 7.46. The molecule has 1 amide bonds. The molecule has 0 aliphatic carbocycles. The van der Waals surface area contributed by atoms with Crippen LogP contribution < -0.4 is 4.74 Å². The Morgan fingerprint density at radius 3 is 3.00 bits per heavy atom. The molecule has 1 aliphatic heterocycles. The highest BCUT2D eigenvalue weighted by atomic mass is 19.3. The lowest BCUT2D eigenvalue weighted by Gasteiger charge is -2.32. The van der Waals surface area contributed by atoms with Gasteiger partial charge in [0, 0.05) is 24.4 Å². The van der Waals surface area contributed by atoms with Crippen LogP contribution in [0.5, 0.6) is 5.75 Å². The van der Waals surface area contributed by atoms with Crippen LogP contribution in [0.4, 0.5) is 8.78 Å². The lowest BCUT2D eigenvalue weighted by atomic mass is 9.94. The fourth-order valence-electron chi connectivity index (χ4n) is 4.12. The average molecular weight is 427 g/mol. The molecule has 5 rings (SSSR count). The summed E-state index contributed by atoms with van der Waals surface area (Å²) in [6.07, 6.45) is 0.0311. The van der Waals surface area contributed by atoms with Gasteiger partial charge in [-0.15, -0.1) is 0 Å². The topological polar surface area (TPSA) is 85.8 Å². The minimum atomic E-state index is -2.72. The number of fused-ring (bicyclic) bond motifs is 2. The maximum absolute atomic E-state index is 13.3. The molecule has 0 spiro atoms. The van der Waals surface area contributed by atoms with Gasteiger partial charge in [-0.05, 0) is 31.0 Å². The number of piperidine rings is 1. The van der Waals surface area contributed by atoms with Gasteiger partial charge in [0.05, 0.1) is 12.8 Å². The standard InChI is InChI=1S/C21H19F2N5O3/c1-30-16-6-2-4-12-8-17(31-18(12)16)20(29)27-7-3-5-13(10-27)15-9-14(19(22)23)26-21-24-11-25-28(15)21/h2,4,6,8-9,11,13,19H,3,5,7,10H2,1H3/t13-/m0/s1. The molecule has 0 unspecified atom stereocenters. The van der Waals surface area contributed by atoms with Gasteiger partial charge in [0.1, 0.15) is 12.0 Å². The number of methoxy groups -OCH3 is 1. The number of ether oxygens (including phenoxy) is 1. The average Bonchev–Trinajstić information content (AvgIpc) is 3.44. The number of aromatic nitrogens is 4. The third-order valence-corrected chi connectivity index (χ3v) is 5.59. The van der Waals surface area contributed by atoms with Crippen molar-refractivity contribution in [3.05, 3.63) is 53.8 Å².